The van der Waals surface area contributed by atoms with Gasteiger partial charge in [0.1, 0.15) is 6.33 Å². The summed E-state index contributed by atoms with van der Waals surface area (Å²) < 4.78 is 1.57. The molecular formula is C14H10N4O. The predicted molar refractivity (Wildman–Crippen MR) is 70.9 cm³/mol. The Bertz CT molecular complexity index is 738. The van der Waals surface area contributed by atoms with E-state index in [1.807, 2.05) is 0 Å². The van der Waals surface area contributed by atoms with Gasteiger partial charge >= 0.3 is 0 Å². The lowest BCUT2D eigenvalue weighted by atomic mass is 10.1. The first-order valence-corrected chi connectivity index (χ1v) is 5.73. The summed E-state index contributed by atoms with van der Waals surface area (Å²) in [7, 11) is 0. The van der Waals surface area contributed by atoms with Gasteiger partial charge in [-0.2, -0.15) is 0 Å². The van der Waals surface area contributed by atoms with Crippen LogP contribution >= 0.6 is 0 Å². The molecule has 3 aromatic heterocycles. The Morgan fingerprint density at radius 2 is 1.58 bits per heavy atom. The monoisotopic (exact) mass is 250 g/mol. The Morgan fingerprint density at radius 1 is 0.842 bits per heavy atom. The van der Waals surface area contributed by atoms with Crippen LogP contribution in [0.4, 0.5) is 0 Å². The highest BCUT2D eigenvalue weighted by atomic mass is 16.1. The van der Waals surface area contributed by atoms with Crippen LogP contribution in [0.1, 0.15) is 0 Å². The molecule has 5 nitrogen and oxygen atoms in total. The quantitative estimate of drug-likeness (QED) is 0.694. The fourth-order valence-electron chi connectivity index (χ4n) is 1.81. The van der Waals surface area contributed by atoms with E-state index in [-0.39, 0.29) is 5.56 Å². The smallest absolute Gasteiger partial charge is 0.255 e. The Kier molecular flexibility index (Phi) is 2.86. The Hall–Kier alpha value is -2.82. The number of nitrogens with zero attached hydrogens (tertiary/aromatic N) is 4. The third kappa shape index (κ3) is 2.26. The second kappa shape index (κ2) is 4.81. The van der Waals surface area contributed by atoms with Crippen molar-refractivity contribution in [3.63, 3.8) is 0 Å². The summed E-state index contributed by atoms with van der Waals surface area (Å²) >= 11 is 0. The van der Waals surface area contributed by atoms with Crippen LogP contribution in [-0.2, 0) is 0 Å². The molecule has 0 aromatic carbocycles. The Labute approximate surface area is 109 Å². The lowest BCUT2D eigenvalue weighted by molar-refractivity contribution is 0.985. The summed E-state index contributed by atoms with van der Waals surface area (Å²) in [6.45, 7) is 0. The highest BCUT2D eigenvalue weighted by Crippen LogP contribution is 2.16. The zero-order valence-electron chi connectivity index (χ0n) is 9.97. The van der Waals surface area contributed by atoms with Crippen molar-refractivity contribution in [2.75, 3.05) is 0 Å². The summed E-state index contributed by atoms with van der Waals surface area (Å²) in [6, 6.07) is 6.86. The predicted octanol–water partition coefficient (Wildman–Crippen LogP) is 1.69. The van der Waals surface area contributed by atoms with Gasteiger partial charge in [0, 0.05) is 48.2 Å². The van der Waals surface area contributed by atoms with Crippen molar-refractivity contribution in [1.82, 2.24) is 19.5 Å². The van der Waals surface area contributed by atoms with E-state index >= 15 is 0 Å². The fraction of sp³-hybridized carbons (Fsp3) is 0. The van der Waals surface area contributed by atoms with Gasteiger partial charge in [-0.15, -0.1) is 0 Å². The van der Waals surface area contributed by atoms with Crippen LogP contribution in [0, 0.1) is 0 Å². The van der Waals surface area contributed by atoms with Gasteiger partial charge < -0.3 is 0 Å². The molecule has 0 bridgehead atoms. The van der Waals surface area contributed by atoms with Gasteiger partial charge in [0.05, 0.1) is 5.69 Å². The van der Waals surface area contributed by atoms with Crippen LogP contribution in [0.5, 0.6) is 0 Å². The summed E-state index contributed by atoms with van der Waals surface area (Å²) in [5.74, 6) is 0. The van der Waals surface area contributed by atoms with Crippen molar-refractivity contribution in [2.24, 2.45) is 0 Å². The van der Waals surface area contributed by atoms with Crippen LogP contribution in [-0.4, -0.2) is 19.5 Å². The molecule has 0 N–H and O–H groups in total. The van der Waals surface area contributed by atoms with Gasteiger partial charge in [0.25, 0.3) is 5.56 Å². The molecule has 3 heterocycles. The maximum atomic E-state index is 11.9. The van der Waals surface area contributed by atoms with Crippen molar-refractivity contribution in [3.05, 3.63) is 71.9 Å². The molecule has 0 fully saturated rings. The van der Waals surface area contributed by atoms with Crippen LogP contribution < -0.4 is 5.56 Å². The summed E-state index contributed by atoms with van der Waals surface area (Å²) in [5, 5.41) is 0. The van der Waals surface area contributed by atoms with Crippen LogP contribution in [0.25, 0.3) is 16.8 Å². The molecule has 3 rings (SSSR count). The molecule has 0 aliphatic rings. The minimum Gasteiger partial charge on any atom is -0.284 e. The first-order valence-electron chi connectivity index (χ1n) is 5.73. The summed E-state index contributed by atoms with van der Waals surface area (Å²) in [6.07, 6.45) is 9.98. The van der Waals surface area contributed by atoms with Crippen molar-refractivity contribution in [2.45, 2.75) is 0 Å². The molecule has 0 spiro atoms. The minimum absolute atomic E-state index is 0.0909. The number of rotatable bonds is 2. The van der Waals surface area contributed by atoms with Gasteiger partial charge in [-0.3, -0.25) is 14.3 Å². The number of pyridine rings is 2. The average molecular weight is 250 g/mol. The van der Waals surface area contributed by atoms with E-state index in [2.05, 4.69) is 15.0 Å². The Morgan fingerprint density at radius 3 is 2.32 bits per heavy atom. The van der Waals surface area contributed by atoms with E-state index in [1.165, 1.54) is 12.4 Å². The number of hydrogen-bond acceptors (Lipinski definition) is 4. The molecule has 0 aliphatic heterocycles. The lowest BCUT2D eigenvalue weighted by Crippen LogP contribution is -2.16. The highest BCUT2D eigenvalue weighted by molar-refractivity contribution is 5.60. The normalized spacial score (nSPS) is 10.3. The van der Waals surface area contributed by atoms with Gasteiger partial charge in [-0.1, -0.05) is 0 Å². The van der Waals surface area contributed by atoms with Gasteiger partial charge in [-0.05, 0) is 18.2 Å². The molecule has 5 heteroatoms. The SMILES string of the molecule is O=c1ccc(-c2cncnc2)cn1-c1ccncc1. The van der Waals surface area contributed by atoms with Crippen molar-refractivity contribution in [3.8, 4) is 16.8 Å². The summed E-state index contributed by atoms with van der Waals surface area (Å²) in [5.41, 5.74) is 2.44. The topological polar surface area (TPSA) is 60.7 Å². The van der Waals surface area contributed by atoms with Crippen molar-refractivity contribution >= 4 is 0 Å². The second-order valence-corrected chi connectivity index (χ2v) is 3.96. The van der Waals surface area contributed by atoms with Crippen LogP contribution in [0.15, 0.2) is 66.4 Å². The van der Waals surface area contributed by atoms with Crippen LogP contribution in [0.2, 0.25) is 0 Å². The zero-order chi connectivity index (χ0) is 13.1. The molecule has 0 unspecified atom stereocenters. The molecule has 0 atom stereocenters. The molecule has 0 radical (unpaired) electrons. The van der Waals surface area contributed by atoms with E-state index in [0.29, 0.717) is 0 Å². The first kappa shape index (κ1) is 11.3. The van der Waals surface area contributed by atoms with E-state index < -0.39 is 0 Å². The Balaban J connectivity index is 2.15. The van der Waals surface area contributed by atoms with Crippen LogP contribution in [0.3, 0.4) is 0 Å². The first-order chi connectivity index (χ1) is 9.34. The molecular weight excluding hydrogens is 240 g/mol. The standard InChI is InChI=1S/C14H10N4O/c19-14-2-1-11(12-7-16-10-17-8-12)9-18(14)13-3-5-15-6-4-13/h1-10H. The third-order valence-corrected chi connectivity index (χ3v) is 2.75. The molecule has 0 saturated carbocycles. The molecule has 3 aromatic rings. The van der Waals surface area contributed by atoms with Gasteiger partial charge in [0.15, 0.2) is 0 Å². The number of aromatic nitrogens is 4. The lowest BCUT2D eigenvalue weighted by Gasteiger charge is -2.07. The third-order valence-electron chi connectivity index (χ3n) is 2.75. The molecule has 0 aliphatic carbocycles. The van der Waals surface area contributed by atoms with E-state index in [9.17, 15) is 4.79 Å². The molecule has 92 valence electrons. The second-order valence-electron chi connectivity index (χ2n) is 3.96. The van der Waals surface area contributed by atoms with Gasteiger partial charge in [-0.25, -0.2) is 9.97 Å². The molecule has 19 heavy (non-hydrogen) atoms. The maximum Gasteiger partial charge on any atom is 0.255 e. The fourth-order valence-corrected chi connectivity index (χ4v) is 1.81. The van der Waals surface area contributed by atoms with E-state index in [0.717, 1.165) is 16.8 Å². The molecule has 0 saturated heterocycles. The van der Waals surface area contributed by atoms with Crippen molar-refractivity contribution < 1.29 is 0 Å². The highest BCUT2D eigenvalue weighted by Gasteiger charge is 2.03. The van der Waals surface area contributed by atoms with Crippen molar-refractivity contribution in [1.29, 1.82) is 0 Å². The summed E-state index contributed by atoms with van der Waals surface area (Å²) in [4.78, 5) is 23.8. The largest absolute Gasteiger partial charge is 0.284 e. The van der Waals surface area contributed by atoms with E-state index in [4.69, 9.17) is 0 Å². The minimum atomic E-state index is -0.0909. The average Bonchev–Trinajstić information content (AvgIpc) is 2.49. The number of hydrogen-bond donors (Lipinski definition) is 0. The van der Waals surface area contributed by atoms with Gasteiger partial charge in [0.2, 0.25) is 0 Å². The zero-order valence-corrected chi connectivity index (χ0v) is 9.97. The molecule has 0 amide bonds. The van der Waals surface area contributed by atoms with E-state index in [1.54, 1.807) is 53.8 Å². The maximum absolute atomic E-state index is 11.9.